The summed E-state index contributed by atoms with van der Waals surface area (Å²) in [4.78, 5) is 4.22. The number of aromatic nitrogens is 1. The first-order chi connectivity index (χ1) is 7.40. The highest BCUT2D eigenvalue weighted by atomic mass is 32.1. The Bertz CT molecular complexity index is 276. The zero-order valence-electron chi connectivity index (χ0n) is 9.11. The average molecular weight is 226 g/mol. The molecule has 1 aromatic rings. The number of ether oxygens (including phenoxy) is 1. The van der Waals surface area contributed by atoms with Crippen molar-refractivity contribution >= 4 is 11.3 Å². The molecule has 1 heterocycles. The van der Waals surface area contributed by atoms with Crippen molar-refractivity contribution in [3.63, 3.8) is 0 Å². The molecule has 0 aliphatic heterocycles. The van der Waals surface area contributed by atoms with Gasteiger partial charge >= 0.3 is 0 Å². The van der Waals surface area contributed by atoms with E-state index in [4.69, 9.17) is 4.74 Å². The quantitative estimate of drug-likeness (QED) is 0.854. The Morgan fingerprint density at radius 1 is 1.53 bits per heavy atom. The molecule has 1 saturated carbocycles. The van der Waals surface area contributed by atoms with Gasteiger partial charge in [-0.2, -0.15) is 0 Å². The summed E-state index contributed by atoms with van der Waals surface area (Å²) in [5.74, 6) is 0. The minimum Gasteiger partial charge on any atom is -0.369 e. The summed E-state index contributed by atoms with van der Waals surface area (Å²) < 4.78 is 5.92. The van der Waals surface area contributed by atoms with Gasteiger partial charge in [0.05, 0.1) is 12.7 Å². The van der Waals surface area contributed by atoms with E-state index >= 15 is 0 Å². The van der Waals surface area contributed by atoms with Crippen molar-refractivity contribution in [2.45, 2.75) is 44.4 Å². The molecular weight excluding hydrogens is 208 g/mol. The molecule has 0 aromatic carbocycles. The van der Waals surface area contributed by atoms with Crippen molar-refractivity contribution in [3.05, 3.63) is 16.6 Å². The molecule has 1 aliphatic carbocycles. The second-order valence-electron chi connectivity index (χ2n) is 3.95. The molecule has 0 bridgehead atoms. The molecule has 0 amide bonds. The van der Waals surface area contributed by atoms with Crippen molar-refractivity contribution in [2.24, 2.45) is 0 Å². The van der Waals surface area contributed by atoms with E-state index < -0.39 is 0 Å². The molecular formula is C11H18N2OS. The standard InChI is InChI=1S/C11H18N2OS/c1-12-9-4-2-3-5-10(9)14-8-11-13-6-7-15-11/h6-7,9-10,12H,2-5,8H2,1H3. The minimum atomic E-state index is 0.368. The fourth-order valence-corrected chi connectivity index (χ4v) is 2.67. The van der Waals surface area contributed by atoms with Crippen LogP contribution in [0.3, 0.4) is 0 Å². The molecule has 1 fully saturated rings. The highest BCUT2D eigenvalue weighted by molar-refractivity contribution is 7.09. The lowest BCUT2D eigenvalue weighted by Gasteiger charge is -2.30. The Morgan fingerprint density at radius 3 is 3.13 bits per heavy atom. The Kier molecular flexibility index (Phi) is 4.11. The van der Waals surface area contributed by atoms with Crippen molar-refractivity contribution in [3.8, 4) is 0 Å². The van der Waals surface area contributed by atoms with E-state index in [9.17, 15) is 0 Å². The fraction of sp³-hybridized carbons (Fsp3) is 0.727. The fourth-order valence-electron chi connectivity index (χ4n) is 2.13. The molecule has 0 saturated heterocycles. The number of rotatable bonds is 4. The molecule has 0 radical (unpaired) electrons. The molecule has 1 aliphatic rings. The predicted octanol–water partition coefficient (Wildman–Crippen LogP) is 2.19. The molecule has 2 rings (SSSR count). The third-order valence-corrected chi connectivity index (χ3v) is 3.73. The molecule has 2 atom stereocenters. The third-order valence-electron chi connectivity index (χ3n) is 2.98. The predicted molar refractivity (Wildman–Crippen MR) is 62.0 cm³/mol. The number of hydrogen-bond acceptors (Lipinski definition) is 4. The first-order valence-electron chi connectivity index (χ1n) is 5.57. The van der Waals surface area contributed by atoms with Crippen LogP contribution < -0.4 is 5.32 Å². The van der Waals surface area contributed by atoms with Gasteiger partial charge in [-0.1, -0.05) is 12.8 Å². The van der Waals surface area contributed by atoms with Crippen LogP contribution in [0.1, 0.15) is 30.7 Å². The van der Waals surface area contributed by atoms with Gasteiger partial charge in [-0.3, -0.25) is 0 Å². The van der Waals surface area contributed by atoms with Crippen LogP contribution in [-0.2, 0) is 11.3 Å². The lowest BCUT2D eigenvalue weighted by Crippen LogP contribution is -2.41. The van der Waals surface area contributed by atoms with Crippen molar-refractivity contribution in [1.82, 2.24) is 10.3 Å². The Hall–Kier alpha value is -0.450. The topological polar surface area (TPSA) is 34.1 Å². The van der Waals surface area contributed by atoms with Crippen LogP contribution in [0.25, 0.3) is 0 Å². The molecule has 4 heteroatoms. The highest BCUT2D eigenvalue weighted by Crippen LogP contribution is 2.22. The van der Waals surface area contributed by atoms with Gasteiger partial charge in [-0.05, 0) is 19.9 Å². The summed E-state index contributed by atoms with van der Waals surface area (Å²) in [6.07, 6.45) is 7.23. The van der Waals surface area contributed by atoms with Crippen LogP contribution in [0.4, 0.5) is 0 Å². The smallest absolute Gasteiger partial charge is 0.118 e. The lowest BCUT2D eigenvalue weighted by molar-refractivity contribution is -0.00367. The summed E-state index contributed by atoms with van der Waals surface area (Å²) in [6, 6.07) is 0.527. The van der Waals surface area contributed by atoms with E-state index in [0.717, 1.165) is 5.01 Å². The van der Waals surface area contributed by atoms with Crippen LogP contribution in [0.15, 0.2) is 11.6 Å². The number of nitrogens with zero attached hydrogens (tertiary/aromatic N) is 1. The SMILES string of the molecule is CNC1CCCCC1OCc1nccs1. The number of thiazole rings is 1. The normalized spacial score (nSPS) is 26.7. The first kappa shape index (κ1) is 11.0. The molecule has 2 unspecified atom stereocenters. The Labute approximate surface area is 94.9 Å². The van der Waals surface area contributed by atoms with Crippen LogP contribution in [-0.4, -0.2) is 24.2 Å². The van der Waals surface area contributed by atoms with Gasteiger partial charge in [-0.25, -0.2) is 4.98 Å². The van der Waals surface area contributed by atoms with E-state index in [-0.39, 0.29) is 0 Å². The van der Waals surface area contributed by atoms with Crippen molar-refractivity contribution < 1.29 is 4.74 Å². The summed E-state index contributed by atoms with van der Waals surface area (Å²) in [5.41, 5.74) is 0. The third kappa shape index (κ3) is 3.00. The molecule has 84 valence electrons. The van der Waals surface area contributed by atoms with Gasteiger partial charge in [-0.15, -0.1) is 11.3 Å². The van der Waals surface area contributed by atoms with E-state index in [1.165, 1.54) is 25.7 Å². The second-order valence-corrected chi connectivity index (χ2v) is 4.93. The van der Waals surface area contributed by atoms with Crippen molar-refractivity contribution in [1.29, 1.82) is 0 Å². The zero-order chi connectivity index (χ0) is 10.5. The van der Waals surface area contributed by atoms with Gasteiger partial charge in [0.1, 0.15) is 5.01 Å². The van der Waals surface area contributed by atoms with E-state index in [2.05, 4.69) is 10.3 Å². The summed E-state index contributed by atoms with van der Waals surface area (Å²) in [7, 11) is 2.02. The maximum Gasteiger partial charge on any atom is 0.118 e. The van der Waals surface area contributed by atoms with Crippen molar-refractivity contribution in [2.75, 3.05) is 7.05 Å². The second kappa shape index (κ2) is 5.58. The Morgan fingerprint density at radius 2 is 2.40 bits per heavy atom. The van der Waals surface area contributed by atoms with Crippen LogP contribution in [0.5, 0.6) is 0 Å². The summed E-state index contributed by atoms with van der Waals surface area (Å²) in [5, 5.41) is 6.42. The Balaban J connectivity index is 1.81. The lowest BCUT2D eigenvalue weighted by atomic mass is 9.92. The number of nitrogens with one attached hydrogen (secondary N) is 1. The molecule has 1 aromatic heterocycles. The van der Waals surface area contributed by atoms with Gasteiger partial charge in [0, 0.05) is 17.6 Å². The van der Waals surface area contributed by atoms with E-state index in [1.54, 1.807) is 11.3 Å². The van der Waals surface area contributed by atoms with Crippen LogP contribution >= 0.6 is 11.3 Å². The number of hydrogen-bond donors (Lipinski definition) is 1. The van der Waals surface area contributed by atoms with Crippen LogP contribution in [0.2, 0.25) is 0 Å². The maximum atomic E-state index is 5.92. The highest BCUT2D eigenvalue weighted by Gasteiger charge is 2.24. The molecule has 0 spiro atoms. The number of likely N-dealkylation sites (N-methyl/N-ethyl adjacent to an activating group) is 1. The summed E-state index contributed by atoms with van der Waals surface area (Å²) in [6.45, 7) is 0.667. The zero-order valence-corrected chi connectivity index (χ0v) is 9.93. The largest absolute Gasteiger partial charge is 0.369 e. The van der Waals surface area contributed by atoms with Crippen LogP contribution in [0, 0.1) is 0 Å². The minimum absolute atomic E-state index is 0.368. The maximum absolute atomic E-state index is 5.92. The van der Waals surface area contributed by atoms with E-state index in [0.29, 0.717) is 18.8 Å². The van der Waals surface area contributed by atoms with Gasteiger partial charge in [0.25, 0.3) is 0 Å². The molecule has 3 nitrogen and oxygen atoms in total. The van der Waals surface area contributed by atoms with Gasteiger partial charge < -0.3 is 10.1 Å². The molecule has 1 N–H and O–H groups in total. The van der Waals surface area contributed by atoms with Gasteiger partial charge in [0.2, 0.25) is 0 Å². The average Bonchev–Trinajstić information content (AvgIpc) is 2.79. The summed E-state index contributed by atoms with van der Waals surface area (Å²) >= 11 is 1.66. The molecule has 15 heavy (non-hydrogen) atoms. The monoisotopic (exact) mass is 226 g/mol. The first-order valence-corrected chi connectivity index (χ1v) is 6.45. The van der Waals surface area contributed by atoms with E-state index in [1.807, 2.05) is 18.6 Å². The van der Waals surface area contributed by atoms with Gasteiger partial charge in [0.15, 0.2) is 0 Å².